The van der Waals surface area contributed by atoms with Crippen LogP contribution in [-0.2, 0) is 27.1 Å². The number of nitrogens with one attached hydrogen (secondary N) is 1. The molecule has 1 N–H and O–H groups in total. The first-order chi connectivity index (χ1) is 11.0. The molecule has 0 amide bonds. The van der Waals surface area contributed by atoms with Crippen LogP contribution in [0.5, 0.6) is 0 Å². The Morgan fingerprint density at radius 3 is 2.74 bits per heavy atom. The summed E-state index contributed by atoms with van der Waals surface area (Å²) < 4.78 is 29.3. The lowest BCUT2D eigenvalue weighted by Crippen LogP contribution is -2.15. The van der Waals surface area contributed by atoms with E-state index in [1.807, 2.05) is 13.0 Å². The molecule has 0 fully saturated rings. The molecule has 0 atom stereocenters. The van der Waals surface area contributed by atoms with Crippen molar-refractivity contribution in [1.29, 1.82) is 0 Å². The van der Waals surface area contributed by atoms with Gasteiger partial charge in [0.15, 0.2) is 0 Å². The monoisotopic (exact) mass is 332 g/mol. The smallest absolute Gasteiger partial charge is 0.296 e. The molecule has 2 aromatic rings. The van der Waals surface area contributed by atoms with Crippen LogP contribution in [0.1, 0.15) is 23.2 Å². The van der Waals surface area contributed by atoms with Gasteiger partial charge in [0.25, 0.3) is 10.1 Å². The molecule has 23 heavy (non-hydrogen) atoms. The van der Waals surface area contributed by atoms with Crippen molar-refractivity contribution in [1.82, 2.24) is 4.98 Å². The van der Waals surface area contributed by atoms with Crippen LogP contribution in [0.15, 0.2) is 41.3 Å². The highest BCUT2D eigenvalue weighted by atomic mass is 32.2. The van der Waals surface area contributed by atoms with Gasteiger partial charge in [-0.15, -0.1) is 0 Å². The number of hydrogen-bond donors (Lipinski definition) is 1. The van der Waals surface area contributed by atoms with E-state index in [0.29, 0.717) is 6.42 Å². The Labute approximate surface area is 136 Å². The van der Waals surface area contributed by atoms with Crippen LogP contribution >= 0.6 is 0 Å². The molecular weight excluding hydrogens is 312 g/mol. The largest absolute Gasteiger partial charge is 0.370 e. The molecule has 0 saturated heterocycles. The van der Waals surface area contributed by atoms with Gasteiger partial charge < -0.3 is 5.32 Å². The van der Waals surface area contributed by atoms with Crippen LogP contribution in [0.3, 0.4) is 0 Å². The lowest BCUT2D eigenvalue weighted by molar-refractivity contribution is 0.321. The first-order valence-corrected chi connectivity index (χ1v) is 9.14. The Balaban J connectivity index is 1.61. The lowest BCUT2D eigenvalue weighted by Gasteiger charge is -2.17. The predicted molar refractivity (Wildman–Crippen MR) is 89.1 cm³/mol. The van der Waals surface area contributed by atoms with Crippen LogP contribution in [0.4, 0.5) is 5.82 Å². The summed E-state index contributed by atoms with van der Waals surface area (Å²) in [5, 5.41) is 3.27. The Kier molecular flexibility index (Phi) is 4.63. The Morgan fingerprint density at radius 2 is 1.96 bits per heavy atom. The van der Waals surface area contributed by atoms with Crippen molar-refractivity contribution in [2.75, 3.05) is 18.5 Å². The fourth-order valence-corrected chi connectivity index (χ4v) is 3.45. The molecule has 0 unspecified atom stereocenters. The van der Waals surface area contributed by atoms with Crippen molar-refractivity contribution in [2.24, 2.45) is 0 Å². The standard InChI is InChI=1S/C17H20N2O3S/c1-13-4-8-16(9-5-13)23(20,21)22-12-10-15-7-6-14-3-2-11-18-17(14)19-15/h4-9H,2-3,10-12H2,1H3,(H,18,19). The Hall–Kier alpha value is -1.92. The topological polar surface area (TPSA) is 68.3 Å². The number of fused-ring (bicyclic) bond motifs is 1. The van der Waals surface area contributed by atoms with Crippen molar-refractivity contribution in [2.45, 2.75) is 31.1 Å². The summed E-state index contributed by atoms with van der Waals surface area (Å²) >= 11 is 0. The molecule has 122 valence electrons. The van der Waals surface area contributed by atoms with Gasteiger partial charge in [-0.1, -0.05) is 23.8 Å². The second kappa shape index (κ2) is 6.68. The van der Waals surface area contributed by atoms with E-state index in [1.54, 1.807) is 24.3 Å². The fourth-order valence-electron chi connectivity index (χ4n) is 2.54. The summed E-state index contributed by atoms with van der Waals surface area (Å²) in [5.41, 5.74) is 3.06. The zero-order chi connectivity index (χ0) is 16.3. The number of aryl methyl sites for hydroxylation is 2. The van der Waals surface area contributed by atoms with E-state index in [2.05, 4.69) is 16.4 Å². The zero-order valence-corrected chi connectivity index (χ0v) is 13.9. The normalized spacial score (nSPS) is 14.1. The molecule has 2 heterocycles. The molecule has 3 rings (SSSR count). The van der Waals surface area contributed by atoms with Gasteiger partial charge >= 0.3 is 0 Å². The highest BCUT2D eigenvalue weighted by molar-refractivity contribution is 7.86. The lowest BCUT2D eigenvalue weighted by atomic mass is 10.1. The van der Waals surface area contributed by atoms with Gasteiger partial charge in [0.2, 0.25) is 0 Å². The van der Waals surface area contributed by atoms with Gasteiger partial charge in [0.05, 0.1) is 11.5 Å². The maximum atomic E-state index is 12.1. The Bertz CT molecular complexity index is 786. The second-order valence-electron chi connectivity index (χ2n) is 5.68. The van der Waals surface area contributed by atoms with Crippen molar-refractivity contribution in [3.05, 3.63) is 53.2 Å². The highest BCUT2D eigenvalue weighted by Crippen LogP contribution is 2.20. The molecule has 1 aliphatic rings. The maximum Gasteiger partial charge on any atom is 0.296 e. The molecular formula is C17H20N2O3S. The van der Waals surface area contributed by atoms with Crippen LogP contribution in [0.2, 0.25) is 0 Å². The molecule has 0 spiro atoms. The van der Waals surface area contributed by atoms with Gasteiger partial charge in [0.1, 0.15) is 5.82 Å². The molecule has 1 aliphatic heterocycles. The summed E-state index contributed by atoms with van der Waals surface area (Å²) in [5.74, 6) is 0.912. The van der Waals surface area contributed by atoms with Crippen LogP contribution in [-0.4, -0.2) is 26.6 Å². The summed E-state index contributed by atoms with van der Waals surface area (Å²) in [6.45, 7) is 2.93. The number of aromatic nitrogens is 1. The number of pyridine rings is 1. The van der Waals surface area contributed by atoms with Gasteiger partial charge in [0, 0.05) is 18.7 Å². The molecule has 6 heteroatoms. The maximum absolute atomic E-state index is 12.1. The average molecular weight is 332 g/mol. The van der Waals surface area contributed by atoms with Gasteiger partial charge in [-0.05, 0) is 43.5 Å². The minimum atomic E-state index is -3.71. The van der Waals surface area contributed by atoms with E-state index < -0.39 is 10.1 Å². The fraction of sp³-hybridized carbons (Fsp3) is 0.353. The average Bonchev–Trinajstić information content (AvgIpc) is 2.55. The van der Waals surface area contributed by atoms with Gasteiger partial charge in [-0.3, -0.25) is 4.18 Å². The first kappa shape index (κ1) is 16.0. The summed E-state index contributed by atoms with van der Waals surface area (Å²) in [6, 6.07) is 10.6. The highest BCUT2D eigenvalue weighted by Gasteiger charge is 2.15. The van der Waals surface area contributed by atoms with Crippen molar-refractivity contribution in [3.8, 4) is 0 Å². The third-order valence-electron chi connectivity index (χ3n) is 3.86. The van der Waals surface area contributed by atoms with Crippen molar-refractivity contribution < 1.29 is 12.6 Å². The number of anilines is 1. The van der Waals surface area contributed by atoms with Crippen LogP contribution < -0.4 is 5.32 Å². The van der Waals surface area contributed by atoms with Crippen molar-refractivity contribution in [3.63, 3.8) is 0 Å². The number of hydrogen-bond acceptors (Lipinski definition) is 5. The van der Waals surface area contributed by atoms with Crippen LogP contribution in [0, 0.1) is 6.92 Å². The van der Waals surface area contributed by atoms with Gasteiger partial charge in [-0.2, -0.15) is 8.42 Å². The van der Waals surface area contributed by atoms with E-state index >= 15 is 0 Å². The summed E-state index contributed by atoms with van der Waals surface area (Å²) in [4.78, 5) is 4.71. The van der Waals surface area contributed by atoms with E-state index in [-0.39, 0.29) is 11.5 Å². The molecule has 0 bridgehead atoms. The summed E-state index contributed by atoms with van der Waals surface area (Å²) in [7, 11) is -3.71. The van der Waals surface area contributed by atoms with E-state index in [0.717, 1.165) is 36.5 Å². The van der Waals surface area contributed by atoms with Gasteiger partial charge in [-0.25, -0.2) is 4.98 Å². The Morgan fingerprint density at radius 1 is 1.17 bits per heavy atom. The number of nitrogens with zero attached hydrogens (tertiary/aromatic N) is 1. The quantitative estimate of drug-likeness (QED) is 0.853. The SMILES string of the molecule is Cc1ccc(S(=O)(=O)OCCc2ccc3c(n2)NCCC3)cc1. The molecule has 1 aromatic carbocycles. The third kappa shape index (κ3) is 3.89. The second-order valence-corrected chi connectivity index (χ2v) is 7.30. The van der Waals surface area contributed by atoms with E-state index in [4.69, 9.17) is 4.18 Å². The van der Waals surface area contributed by atoms with E-state index in [1.165, 1.54) is 5.56 Å². The molecule has 5 nitrogen and oxygen atoms in total. The van der Waals surface area contributed by atoms with E-state index in [9.17, 15) is 8.42 Å². The number of benzene rings is 1. The predicted octanol–water partition coefficient (Wildman–Crippen LogP) is 2.70. The minimum Gasteiger partial charge on any atom is -0.370 e. The minimum absolute atomic E-state index is 0.0853. The number of rotatable bonds is 5. The van der Waals surface area contributed by atoms with Crippen LogP contribution in [0.25, 0.3) is 0 Å². The third-order valence-corrected chi connectivity index (χ3v) is 5.18. The molecule has 1 aromatic heterocycles. The molecule has 0 saturated carbocycles. The molecule has 0 aliphatic carbocycles. The van der Waals surface area contributed by atoms with Crippen molar-refractivity contribution >= 4 is 15.9 Å². The molecule has 0 radical (unpaired) electrons. The summed E-state index contributed by atoms with van der Waals surface area (Å²) in [6.07, 6.45) is 2.61. The first-order valence-electron chi connectivity index (χ1n) is 7.73. The zero-order valence-electron chi connectivity index (χ0n) is 13.1.